The molecule has 0 spiro atoms. The lowest BCUT2D eigenvalue weighted by molar-refractivity contribution is -0.158. The summed E-state index contributed by atoms with van der Waals surface area (Å²) in [5, 5.41) is 0. The lowest BCUT2D eigenvalue weighted by Crippen LogP contribution is -2.33. The van der Waals surface area contributed by atoms with Gasteiger partial charge >= 0.3 is 5.97 Å². The molecule has 0 unspecified atom stereocenters. The monoisotopic (exact) mass is 206 g/mol. The van der Waals surface area contributed by atoms with Crippen molar-refractivity contribution in [3.8, 4) is 0 Å². The normalized spacial score (nSPS) is 25.3. The molecule has 0 N–H and O–H groups in total. The average molecular weight is 206 g/mol. The molecule has 15 heavy (non-hydrogen) atoms. The van der Waals surface area contributed by atoms with Crippen LogP contribution in [0.25, 0.3) is 0 Å². The summed E-state index contributed by atoms with van der Waals surface area (Å²) in [4.78, 5) is 11.4. The summed E-state index contributed by atoms with van der Waals surface area (Å²) >= 11 is 0. The quantitative estimate of drug-likeness (QED) is 0.709. The maximum absolute atomic E-state index is 11.4. The third-order valence-electron chi connectivity index (χ3n) is 2.64. The third kappa shape index (κ3) is 2.18. The highest BCUT2D eigenvalue weighted by molar-refractivity contribution is 5.80. The fourth-order valence-corrected chi connectivity index (χ4v) is 1.54. The van der Waals surface area contributed by atoms with Crippen molar-refractivity contribution in [2.24, 2.45) is 0 Å². The first kappa shape index (κ1) is 10.2. The summed E-state index contributed by atoms with van der Waals surface area (Å²) in [7, 11) is 0. The van der Waals surface area contributed by atoms with Crippen LogP contribution in [-0.4, -0.2) is 18.2 Å². The molecule has 1 aromatic rings. The number of carbonyl (C=O) groups excluding carboxylic acids is 1. The van der Waals surface area contributed by atoms with E-state index in [4.69, 9.17) is 9.47 Å². The molecule has 0 radical (unpaired) electrons. The molecule has 1 saturated heterocycles. The molecule has 1 heterocycles. The van der Waals surface area contributed by atoms with Gasteiger partial charge in [0.2, 0.25) is 0 Å². The lowest BCUT2D eigenvalue weighted by atomic mass is 10.1. The molecule has 0 aliphatic carbocycles. The van der Waals surface area contributed by atoms with E-state index in [2.05, 4.69) is 0 Å². The zero-order chi connectivity index (χ0) is 10.7. The molecule has 0 aromatic heterocycles. The number of ether oxygens (including phenoxy) is 2. The minimum atomic E-state index is -0.754. The largest absolute Gasteiger partial charge is 0.463 e. The zero-order valence-corrected chi connectivity index (χ0v) is 8.73. The van der Waals surface area contributed by atoms with Crippen molar-refractivity contribution in [2.45, 2.75) is 25.6 Å². The van der Waals surface area contributed by atoms with Gasteiger partial charge in [0.05, 0.1) is 13.2 Å². The van der Waals surface area contributed by atoms with E-state index in [9.17, 15) is 4.79 Å². The number of cyclic esters (lactones) is 1. The highest BCUT2D eigenvalue weighted by atomic mass is 16.6. The third-order valence-corrected chi connectivity index (χ3v) is 2.64. The molecule has 1 atom stereocenters. The molecular weight excluding hydrogens is 192 g/mol. The lowest BCUT2D eigenvalue weighted by Gasteiger charge is -2.19. The van der Waals surface area contributed by atoms with Gasteiger partial charge in [-0.1, -0.05) is 30.3 Å². The Balaban J connectivity index is 1.96. The van der Waals surface area contributed by atoms with E-state index in [1.165, 1.54) is 0 Å². The maximum Gasteiger partial charge on any atom is 0.338 e. The predicted molar refractivity (Wildman–Crippen MR) is 55.2 cm³/mol. The standard InChI is InChI=1S/C12H14O3/c1-12(7-8-14-11(12)13)15-9-10-5-3-2-4-6-10/h2-6H,7-9H2,1H3/t12-/m0/s1. The van der Waals surface area contributed by atoms with E-state index in [-0.39, 0.29) is 5.97 Å². The Morgan fingerprint density at radius 1 is 1.40 bits per heavy atom. The summed E-state index contributed by atoms with van der Waals surface area (Å²) in [5.74, 6) is -0.251. The topological polar surface area (TPSA) is 35.5 Å². The second-order valence-corrected chi connectivity index (χ2v) is 3.89. The van der Waals surface area contributed by atoms with Crippen LogP contribution in [0.5, 0.6) is 0 Å². The van der Waals surface area contributed by atoms with Crippen molar-refractivity contribution in [1.29, 1.82) is 0 Å². The fourth-order valence-electron chi connectivity index (χ4n) is 1.54. The van der Waals surface area contributed by atoms with Crippen LogP contribution in [0.4, 0.5) is 0 Å². The molecule has 3 heteroatoms. The Bertz CT molecular complexity index is 347. The number of carbonyl (C=O) groups is 1. The van der Waals surface area contributed by atoms with E-state index < -0.39 is 5.60 Å². The number of benzene rings is 1. The van der Waals surface area contributed by atoms with Crippen LogP contribution in [0, 0.1) is 0 Å². The van der Waals surface area contributed by atoms with Gasteiger partial charge in [-0.2, -0.15) is 0 Å². The fraction of sp³-hybridized carbons (Fsp3) is 0.417. The number of hydrogen-bond donors (Lipinski definition) is 0. The molecule has 2 rings (SSSR count). The van der Waals surface area contributed by atoms with Crippen LogP contribution in [0.15, 0.2) is 30.3 Å². The number of hydrogen-bond acceptors (Lipinski definition) is 3. The van der Waals surface area contributed by atoms with Gasteiger partial charge in [-0.05, 0) is 12.5 Å². The van der Waals surface area contributed by atoms with E-state index in [0.29, 0.717) is 19.6 Å². The van der Waals surface area contributed by atoms with Crippen LogP contribution in [-0.2, 0) is 20.9 Å². The van der Waals surface area contributed by atoms with Crippen LogP contribution >= 0.6 is 0 Å². The van der Waals surface area contributed by atoms with Gasteiger partial charge in [0.25, 0.3) is 0 Å². The Morgan fingerprint density at radius 3 is 2.73 bits per heavy atom. The Morgan fingerprint density at radius 2 is 2.13 bits per heavy atom. The molecule has 0 bridgehead atoms. The summed E-state index contributed by atoms with van der Waals surface area (Å²) in [6.07, 6.45) is 0.638. The Kier molecular flexibility index (Phi) is 2.73. The van der Waals surface area contributed by atoms with Crippen molar-refractivity contribution in [3.05, 3.63) is 35.9 Å². The van der Waals surface area contributed by atoms with E-state index in [1.54, 1.807) is 6.92 Å². The van der Waals surface area contributed by atoms with Gasteiger partial charge in [0, 0.05) is 6.42 Å². The van der Waals surface area contributed by atoms with E-state index >= 15 is 0 Å². The smallest absolute Gasteiger partial charge is 0.338 e. The second-order valence-electron chi connectivity index (χ2n) is 3.89. The van der Waals surface area contributed by atoms with Crippen LogP contribution in [0.3, 0.4) is 0 Å². The van der Waals surface area contributed by atoms with E-state index in [0.717, 1.165) is 5.56 Å². The minimum absolute atomic E-state index is 0.251. The first-order valence-electron chi connectivity index (χ1n) is 5.06. The van der Waals surface area contributed by atoms with Gasteiger partial charge in [0.15, 0.2) is 5.60 Å². The summed E-state index contributed by atoms with van der Waals surface area (Å²) in [6.45, 7) is 2.70. The number of rotatable bonds is 3. The Labute approximate surface area is 89.0 Å². The van der Waals surface area contributed by atoms with E-state index in [1.807, 2.05) is 30.3 Å². The van der Waals surface area contributed by atoms with Crippen molar-refractivity contribution in [2.75, 3.05) is 6.61 Å². The van der Waals surface area contributed by atoms with Crippen molar-refractivity contribution >= 4 is 5.97 Å². The van der Waals surface area contributed by atoms with Crippen molar-refractivity contribution in [3.63, 3.8) is 0 Å². The first-order valence-corrected chi connectivity index (χ1v) is 5.06. The van der Waals surface area contributed by atoms with Crippen LogP contribution in [0.1, 0.15) is 18.9 Å². The number of esters is 1. The molecule has 1 aromatic carbocycles. The molecule has 0 amide bonds. The maximum atomic E-state index is 11.4. The molecule has 1 aliphatic heterocycles. The zero-order valence-electron chi connectivity index (χ0n) is 8.73. The summed E-state index contributed by atoms with van der Waals surface area (Å²) in [6, 6.07) is 9.81. The highest BCUT2D eigenvalue weighted by Crippen LogP contribution is 2.25. The predicted octanol–water partition coefficient (Wildman–Crippen LogP) is 1.91. The second kappa shape index (κ2) is 4.03. The first-order chi connectivity index (χ1) is 7.21. The summed E-state index contributed by atoms with van der Waals surface area (Å²) < 4.78 is 10.5. The Hall–Kier alpha value is -1.35. The average Bonchev–Trinajstić information content (AvgIpc) is 2.59. The SMILES string of the molecule is C[C@]1(OCc2ccccc2)CCOC1=O. The van der Waals surface area contributed by atoms with Crippen molar-refractivity contribution < 1.29 is 14.3 Å². The van der Waals surface area contributed by atoms with Gasteiger partial charge in [-0.3, -0.25) is 0 Å². The minimum Gasteiger partial charge on any atom is -0.463 e. The van der Waals surface area contributed by atoms with Crippen LogP contribution < -0.4 is 0 Å². The molecular formula is C12H14O3. The molecule has 80 valence electrons. The van der Waals surface area contributed by atoms with Gasteiger partial charge in [-0.25, -0.2) is 4.79 Å². The summed E-state index contributed by atoms with van der Waals surface area (Å²) in [5.41, 5.74) is 0.314. The highest BCUT2D eigenvalue weighted by Gasteiger charge is 2.41. The van der Waals surface area contributed by atoms with Gasteiger partial charge in [0.1, 0.15) is 0 Å². The molecule has 1 fully saturated rings. The van der Waals surface area contributed by atoms with Crippen molar-refractivity contribution in [1.82, 2.24) is 0 Å². The van der Waals surface area contributed by atoms with Gasteiger partial charge in [-0.15, -0.1) is 0 Å². The van der Waals surface area contributed by atoms with Gasteiger partial charge < -0.3 is 9.47 Å². The molecule has 0 saturated carbocycles. The molecule has 1 aliphatic rings. The van der Waals surface area contributed by atoms with Crippen LogP contribution in [0.2, 0.25) is 0 Å². The molecule has 3 nitrogen and oxygen atoms in total.